The maximum atomic E-state index is 10.2. The lowest BCUT2D eigenvalue weighted by atomic mass is 10.5. The summed E-state index contributed by atoms with van der Waals surface area (Å²) in [5.74, 6) is -2.49. The van der Waals surface area contributed by atoms with E-state index in [9.17, 15) is 14.2 Å². The van der Waals surface area contributed by atoms with Crippen molar-refractivity contribution in [1.29, 1.82) is 0 Å². The fourth-order valence-electron chi connectivity index (χ4n) is 0.661. The number of carboxylic acid groups (broad SMARTS) is 2. The number of rotatable bonds is 7. The molecule has 0 radical (unpaired) electrons. The van der Waals surface area contributed by atoms with Gasteiger partial charge in [-0.3, -0.25) is 14.5 Å². The predicted octanol–water partition coefficient (Wildman–Crippen LogP) is -0.919. The summed E-state index contributed by atoms with van der Waals surface area (Å²) in [6.45, 7) is -1.67. The molecule has 80 valence electrons. The van der Waals surface area contributed by atoms with E-state index in [-0.39, 0.29) is 0 Å². The van der Waals surface area contributed by atoms with Crippen molar-refractivity contribution in [2.75, 3.05) is 19.8 Å². The maximum Gasteiger partial charge on any atom is 0.696 e. The molecule has 0 saturated heterocycles. The van der Waals surface area contributed by atoms with E-state index < -0.39 is 40.0 Å². The molecule has 1 atom stereocenters. The summed E-state index contributed by atoms with van der Waals surface area (Å²) < 4.78 is 14.2. The molecule has 14 heavy (non-hydrogen) atoms. The van der Waals surface area contributed by atoms with Crippen molar-refractivity contribution in [2.24, 2.45) is 0 Å². The first-order chi connectivity index (χ1) is 6.41. The van der Waals surface area contributed by atoms with Crippen LogP contribution < -0.4 is 0 Å². The van der Waals surface area contributed by atoms with Gasteiger partial charge in [0.05, 0.1) is 13.1 Å². The molecule has 1 unspecified atom stereocenters. The second kappa shape index (κ2) is 6.39. The Hall–Kier alpha value is -1.08. The highest BCUT2D eigenvalue weighted by molar-refractivity contribution is 7.32. The molecule has 0 saturated carbocycles. The average Bonchev–Trinajstić information content (AvgIpc) is 1.97. The topological polar surface area (TPSA) is 124 Å². The lowest BCUT2D eigenvalue weighted by molar-refractivity contribution is -0.143. The van der Waals surface area contributed by atoms with Gasteiger partial charge in [-0.05, 0) is 0 Å². The van der Waals surface area contributed by atoms with Crippen molar-refractivity contribution in [1.82, 2.24) is 4.90 Å². The van der Waals surface area contributed by atoms with Crippen LogP contribution in [0.5, 0.6) is 0 Å². The molecular weight excluding hydrogens is 217 g/mol. The van der Waals surface area contributed by atoms with E-state index in [0.29, 0.717) is 0 Å². The minimum Gasteiger partial charge on any atom is -0.480 e. The fourth-order valence-corrected chi connectivity index (χ4v) is 0.923. The van der Waals surface area contributed by atoms with Crippen LogP contribution in [0, 0.1) is 0 Å². The van der Waals surface area contributed by atoms with E-state index in [1.807, 2.05) is 0 Å². The second-order valence-electron chi connectivity index (χ2n) is 2.27. The van der Waals surface area contributed by atoms with Crippen molar-refractivity contribution >= 4 is 20.2 Å². The number of nitrogens with zero attached hydrogens (tertiary/aromatic N) is 1. The van der Waals surface area contributed by atoms with Crippen molar-refractivity contribution in [3.63, 3.8) is 0 Å². The molecule has 9 heteroatoms. The van der Waals surface area contributed by atoms with Crippen LogP contribution in [0.15, 0.2) is 0 Å². The van der Waals surface area contributed by atoms with Crippen LogP contribution in [-0.2, 0) is 18.7 Å². The number of carbonyl (C=O) groups is 2. The zero-order valence-corrected chi connectivity index (χ0v) is 7.88. The van der Waals surface area contributed by atoms with Gasteiger partial charge in [0, 0.05) is 4.57 Å². The van der Waals surface area contributed by atoms with Gasteiger partial charge in [0.2, 0.25) is 0 Å². The Balaban J connectivity index is 4.03. The quantitative estimate of drug-likeness (QED) is 0.376. The van der Waals surface area contributed by atoms with Crippen LogP contribution in [0.3, 0.4) is 0 Å². The van der Waals surface area contributed by atoms with Gasteiger partial charge >= 0.3 is 20.2 Å². The monoisotopic (exact) mass is 226 g/mol. The molecule has 0 aliphatic rings. The zero-order valence-electron chi connectivity index (χ0n) is 6.99. The summed E-state index contributed by atoms with van der Waals surface area (Å²) in [6, 6.07) is 0. The molecule has 0 amide bonds. The van der Waals surface area contributed by atoms with E-state index in [4.69, 9.17) is 15.1 Å². The third-order valence-electron chi connectivity index (χ3n) is 1.07. The van der Waals surface area contributed by atoms with Gasteiger partial charge in [0.1, 0.15) is 0 Å². The standard InChI is InChI=1S/C5H8NO7P/c7-4(8)1-6(2-5(9)10)3-13-14(11)12/h1-3H2,(H2-,7,8,9,10,11,12)/p+1. The van der Waals surface area contributed by atoms with E-state index in [1.54, 1.807) is 0 Å². The van der Waals surface area contributed by atoms with Crippen molar-refractivity contribution in [3.8, 4) is 0 Å². The van der Waals surface area contributed by atoms with Crippen LogP contribution in [0.25, 0.3) is 0 Å². The number of hydrogen-bond acceptors (Lipinski definition) is 5. The molecule has 0 aromatic carbocycles. The highest BCUT2D eigenvalue weighted by Gasteiger charge is 2.19. The molecule has 0 aliphatic carbocycles. The van der Waals surface area contributed by atoms with Crippen LogP contribution >= 0.6 is 8.25 Å². The lowest BCUT2D eigenvalue weighted by Crippen LogP contribution is -2.35. The lowest BCUT2D eigenvalue weighted by Gasteiger charge is -2.12. The Morgan fingerprint density at radius 2 is 1.64 bits per heavy atom. The van der Waals surface area contributed by atoms with E-state index >= 15 is 0 Å². The molecule has 0 rings (SSSR count). The molecule has 0 aromatic rings. The number of aliphatic carboxylic acids is 2. The molecular formula is C5H9NO7P+. The summed E-state index contributed by atoms with van der Waals surface area (Å²) in [4.78, 5) is 29.5. The molecule has 0 aliphatic heterocycles. The van der Waals surface area contributed by atoms with Crippen LogP contribution in [0.1, 0.15) is 0 Å². The van der Waals surface area contributed by atoms with Gasteiger partial charge < -0.3 is 10.2 Å². The minimum absolute atomic E-state index is 0.524. The maximum absolute atomic E-state index is 10.2. The predicted molar refractivity (Wildman–Crippen MR) is 42.6 cm³/mol. The Morgan fingerprint density at radius 1 is 1.21 bits per heavy atom. The Labute approximate surface area is 79.7 Å². The summed E-state index contributed by atoms with van der Waals surface area (Å²) in [6.07, 6.45) is 0. The summed E-state index contributed by atoms with van der Waals surface area (Å²) >= 11 is 0. The van der Waals surface area contributed by atoms with Gasteiger partial charge in [-0.15, -0.1) is 9.42 Å². The van der Waals surface area contributed by atoms with E-state index in [2.05, 4.69) is 4.52 Å². The first kappa shape index (κ1) is 12.9. The fraction of sp³-hybridized carbons (Fsp3) is 0.600. The van der Waals surface area contributed by atoms with Crippen molar-refractivity contribution in [2.45, 2.75) is 0 Å². The van der Waals surface area contributed by atoms with Crippen LogP contribution in [0.2, 0.25) is 0 Å². The summed E-state index contributed by atoms with van der Waals surface area (Å²) in [5.41, 5.74) is 0. The van der Waals surface area contributed by atoms with Gasteiger partial charge in [-0.25, -0.2) is 0 Å². The first-order valence-corrected chi connectivity index (χ1v) is 4.50. The Morgan fingerprint density at radius 3 is 1.93 bits per heavy atom. The highest BCUT2D eigenvalue weighted by atomic mass is 31.1. The molecule has 3 N–H and O–H groups in total. The molecule has 0 fully saturated rings. The van der Waals surface area contributed by atoms with Gasteiger partial charge in [0.15, 0.2) is 6.73 Å². The van der Waals surface area contributed by atoms with E-state index in [1.165, 1.54) is 0 Å². The summed E-state index contributed by atoms with van der Waals surface area (Å²) in [7, 11) is -2.86. The Kier molecular flexibility index (Phi) is 5.89. The SMILES string of the molecule is O=C(O)CN(CO[P+](=O)O)CC(=O)O. The molecule has 8 nitrogen and oxygen atoms in total. The van der Waals surface area contributed by atoms with Crippen LogP contribution in [-0.4, -0.2) is 51.8 Å². The normalized spacial score (nSPS) is 11.4. The van der Waals surface area contributed by atoms with Crippen LogP contribution in [0.4, 0.5) is 0 Å². The first-order valence-electron chi connectivity index (χ1n) is 3.37. The third-order valence-corrected chi connectivity index (χ3v) is 1.40. The van der Waals surface area contributed by atoms with Gasteiger partial charge in [-0.2, -0.15) is 0 Å². The number of hydrogen-bond donors (Lipinski definition) is 3. The average molecular weight is 226 g/mol. The van der Waals surface area contributed by atoms with E-state index in [0.717, 1.165) is 4.90 Å². The second-order valence-corrected chi connectivity index (χ2v) is 3.00. The molecule has 0 heterocycles. The van der Waals surface area contributed by atoms with Gasteiger partial charge in [0.25, 0.3) is 0 Å². The zero-order chi connectivity index (χ0) is 11.1. The van der Waals surface area contributed by atoms with Crippen molar-refractivity contribution < 1.29 is 33.8 Å². The largest absolute Gasteiger partial charge is 0.696 e. The molecule has 0 spiro atoms. The Bertz CT molecular complexity index is 226. The van der Waals surface area contributed by atoms with Gasteiger partial charge in [-0.1, -0.05) is 0 Å². The van der Waals surface area contributed by atoms with Crippen molar-refractivity contribution in [3.05, 3.63) is 0 Å². The number of carboxylic acids is 2. The summed E-state index contributed by atoms with van der Waals surface area (Å²) in [5, 5.41) is 16.7. The highest BCUT2D eigenvalue weighted by Crippen LogP contribution is 2.14. The molecule has 0 bridgehead atoms. The minimum atomic E-state index is -2.86. The molecule has 0 aromatic heterocycles. The smallest absolute Gasteiger partial charge is 0.480 e. The third kappa shape index (κ3) is 7.56.